The molecule has 1 amide bonds. The number of benzene rings is 1. The molecule has 0 aliphatic carbocycles. The Bertz CT molecular complexity index is 455. The number of amides is 1. The SMILES string of the molecule is CC(C)OCc1ccc(C(=O)NC[C@H](O)C(=O)O)cc1. The van der Waals surface area contributed by atoms with E-state index < -0.39 is 18.0 Å². The van der Waals surface area contributed by atoms with Crippen molar-refractivity contribution in [2.24, 2.45) is 0 Å². The van der Waals surface area contributed by atoms with Crippen LogP contribution in [-0.2, 0) is 16.1 Å². The first-order valence-electron chi connectivity index (χ1n) is 6.29. The van der Waals surface area contributed by atoms with Gasteiger partial charge in [-0.25, -0.2) is 4.79 Å². The Kier molecular flexibility index (Phi) is 6.14. The smallest absolute Gasteiger partial charge is 0.334 e. The van der Waals surface area contributed by atoms with Gasteiger partial charge in [-0.3, -0.25) is 4.79 Å². The normalized spacial score (nSPS) is 12.2. The number of aliphatic hydroxyl groups is 1. The Morgan fingerprint density at radius 2 is 1.85 bits per heavy atom. The van der Waals surface area contributed by atoms with Gasteiger partial charge in [-0.15, -0.1) is 0 Å². The van der Waals surface area contributed by atoms with Crippen LogP contribution in [0.1, 0.15) is 29.8 Å². The summed E-state index contributed by atoms with van der Waals surface area (Å²) in [4.78, 5) is 22.1. The number of carbonyl (C=O) groups is 2. The van der Waals surface area contributed by atoms with Gasteiger partial charge in [-0.05, 0) is 31.5 Å². The lowest BCUT2D eigenvalue weighted by atomic mass is 10.1. The first-order chi connectivity index (χ1) is 9.40. The number of hydrogen-bond donors (Lipinski definition) is 3. The quantitative estimate of drug-likeness (QED) is 0.686. The van der Waals surface area contributed by atoms with Crippen molar-refractivity contribution in [1.29, 1.82) is 0 Å². The molecule has 0 spiro atoms. The Balaban J connectivity index is 2.51. The van der Waals surface area contributed by atoms with Crippen LogP contribution in [0.25, 0.3) is 0 Å². The van der Waals surface area contributed by atoms with Crippen LogP contribution in [0.4, 0.5) is 0 Å². The Hall–Kier alpha value is -1.92. The average Bonchev–Trinajstić information content (AvgIpc) is 2.42. The number of carbonyl (C=O) groups excluding carboxylic acids is 1. The van der Waals surface area contributed by atoms with Gasteiger partial charge in [0.1, 0.15) is 0 Å². The summed E-state index contributed by atoms with van der Waals surface area (Å²) < 4.78 is 5.43. The predicted molar refractivity (Wildman–Crippen MR) is 72.3 cm³/mol. The maximum absolute atomic E-state index is 11.7. The lowest BCUT2D eigenvalue weighted by Gasteiger charge is -2.09. The molecule has 6 nitrogen and oxygen atoms in total. The molecule has 0 aliphatic heterocycles. The monoisotopic (exact) mass is 281 g/mol. The summed E-state index contributed by atoms with van der Waals surface area (Å²) in [5.41, 5.74) is 1.34. The zero-order valence-electron chi connectivity index (χ0n) is 11.5. The lowest BCUT2D eigenvalue weighted by Crippen LogP contribution is -2.36. The first-order valence-corrected chi connectivity index (χ1v) is 6.29. The molecule has 3 N–H and O–H groups in total. The molecule has 1 rings (SSSR count). The third kappa shape index (κ3) is 5.38. The van der Waals surface area contributed by atoms with E-state index in [0.29, 0.717) is 12.2 Å². The van der Waals surface area contributed by atoms with E-state index in [0.717, 1.165) is 5.56 Å². The van der Waals surface area contributed by atoms with Crippen LogP contribution < -0.4 is 5.32 Å². The maximum atomic E-state index is 11.7. The summed E-state index contributed by atoms with van der Waals surface area (Å²) in [5, 5.41) is 19.9. The third-order valence-electron chi connectivity index (χ3n) is 2.54. The number of aliphatic carboxylic acids is 1. The number of nitrogens with one attached hydrogen (secondary N) is 1. The number of aliphatic hydroxyl groups excluding tert-OH is 1. The van der Waals surface area contributed by atoms with Crippen molar-refractivity contribution >= 4 is 11.9 Å². The summed E-state index contributed by atoms with van der Waals surface area (Å²) in [6.07, 6.45) is -1.46. The van der Waals surface area contributed by atoms with E-state index in [1.807, 2.05) is 13.8 Å². The zero-order valence-corrected chi connectivity index (χ0v) is 11.5. The molecule has 1 aromatic carbocycles. The largest absolute Gasteiger partial charge is 0.479 e. The lowest BCUT2D eigenvalue weighted by molar-refractivity contribution is -0.146. The van der Waals surface area contributed by atoms with Gasteiger partial charge in [0.15, 0.2) is 6.10 Å². The van der Waals surface area contributed by atoms with Gasteiger partial charge < -0.3 is 20.3 Å². The topological polar surface area (TPSA) is 95.9 Å². The van der Waals surface area contributed by atoms with Crippen LogP contribution in [0.3, 0.4) is 0 Å². The van der Waals surface area contributed by atoms with Crippen LogP contribution in [0, 0.1) is 0 Å². The van der Waals surface area contributed by atoms with Gasteiger partial charge in [-0.1, -0.05) is 12.1 Å². The average molecular weight is 281 g/mol. The van der Waals surface area contributed by atoms with Crippen molar-refractivity contribution in [3.8, 4) is 0 Å². The zero-order chi connectivity index (χ0) is 15.1. The summed E-state index contributed by atoms with van der Waals surface area (Å²) in [5.74, 6) is -1.80. The van der Waals surface area contributed by atoms with E-state index in [1.54, 1.807) is 24.3 Å². The second kappa shape index (κ2) is 7.62. The van der Waals surface area contributed by atoms with Crippen molar-refractivity contribution in [3.63, 3.8) is 0 Å². The molecule has 0 radical (unpaired) electrons. The molecule has 0 fully saturated rings. The summed E-state index contributed by atoms with van der Waals surface area (Å²) in [6.45, 7) is 4.02. The van der Waals surface area contributed by atoms with E-state index in [2.05, 4.69) is 5.32 Å². The van der Waals surface area contributed by atoms with Gasteiger partial charge in [-0.2, -0.15) is 0 Å². The van der Waals surface area contributed by atoms with E-state index >= 15 is 0 Å². The minimum atomic E-state index is -1.60. The number of carboxylic acids is 1. The second-order valence-corrected chi connectivity index (χ2v) is 4.62. The van der Waals surface area contributed by atoms with Crippen molar-refractivity contribution in [1.82, 2.24) is 5.32 Å². The highest BCUT2D eigenvalue weighted by Gasteiger charge is 2.14. The molecule has 0 bridgehead atoms. The molecule has 0 aliphatic rings. The molecule has 0 saturated heterocycles. The van der Waals surface area contributed by atoms with Crippen LogP contribution in [0.5, 0.6) is 0 Å². The van der Waals surface area contributed by atoms with Crippen LogP contribution in [0.2, 0.25) is 0 Å². The third-order valence-corrected chi connectivity index (χ3v) is 2.54. The van der Waals surface area contributed by atoms with Crippen molar-refractivity contribution in [2.75, 3.05) is 6.54 Å². The highest BCUT2D eigenvalue weighted by atomic mass is 16.5. The second-order valence-electron chi connectivity index (χ2n) is 4.62. The number of carboxylic acid groups (broad SMARTS) is 1. The standard InChI is InChI=1S/C14H19NO5/c1-9(2)20-8-10-3-5-11(6-4-10)13(17)15-7-12(16)14(18)19/h3-6,9,12,16H,7-8H2,1-2H3,(H,15,17)(H,18,19)/t12-/m0/s1. The van der Waals surface area contributed by atoms with E-state index in [4.69, 9.17) is 14.9 Å². The fourth-order valence-corrected chi connectivity index (χ4v) is 1.39. The number of rotatable bonds is 7. The molecule has 0 aromatic heterocycles. The maximum Gasteiger partial charge on any atom is 0.334 e. The van der Waals surface area contributed by atoms with Crippen molar-refractivity contribution < 1.29 is 24.5 Å². The fourth-order valence-electron chi connectivity index (χ4n) is 1.39. The van der Waals surface area contributed by atoms with E-state index in [1.165, 1.54) is 0 Å². The minimum Gasteiger partial charge on any atom is -0.479 e. The molecule has 20 heavy (non-hydrogen) atoms. The van der Waals surface area contributed by atoms with Crippen LogP contribution >= 0.6 is 0 Å². The molecule has 1 atom stereocenters. The van der Waals surface area contributed by atoms with Crippen molar-refractivity contribution in [2.45, 2.75) is 32.7 Å². The van der Waals surface area contributed by atoms with E-state index in [-0.39, 0.29) is 12.6 Å². The van der Waals surface area contributed by atoms with Gasteiger partial charge >= 0.3 is 5.97 Å². The Morgan fingerprint density at radius 1 is 1.25 bits per heavy atom. The molecule has 1 aromatic rings. The molecule has 110 valence electrons. The van der Waals surface area contributed by atoms with Gasteiger partial charge in [0.05, 0.1) is 19.3 Å². The molecule has 6 heteroatoms. The predicted octanol–water partition coefficient (Wildman–Crippen LogP) is 0.787. The molecule has 0 heterocycles. The van der Waals surface area contributed by atoms with Gasteiger partial charge in [0, 0.05) is 5.56 Å². The molecule has 0 unspecified atom stereocenters. The molecular formula is C14H19NO5. The Labute approximate surface area is 117 Å². The number of hydrogen-bond acceptors (Lipinski definition) is 4. The summed E-state index contributed by atoms with van der Waals surface area (Å²) >= 11 is 0. The number of ether oxygens (including phenoxy) is 1. The Morgan fingerprint density at radius 3 is 2.35 bits per heavy atom. The summed E-state index contributed by atoms with van der Waals surface area (Å²) in [7, 11) is 0. The first kappa shape index (κ1) is 16.1. The fraction of sp³-hybridized carbons (Fsp3) is 0.429. The van der Waals surface area contributed by atoms with Gasteiger partial charge in [0.2, 0.25) is 0 Å². The van der Waals surface area contributed by atoms with Crippen LogP contribution in [0.15, 0.2) is 24.3 Å². The molecule has 0 saturated carbocycles. The van der Waals surface area contributed by atoms with Gasteiger partial charge in [0.25, 0.3) is 5.91 Å². The highest BCUT2D eigenvalue weighted by molar-refractivity contribution is 5.94. The van der Waals surface area contributed by atoms with Crippen molar-refractivity contribution in [3.05, 3.63) is 35.4 Å². The summed E-state index contributed by atoms with van der Waals surface area (Å²) in [6, 6.07) is 6.79. The van der Waals surface area contributed by atoms with Crippen LogP contribution in [-0.4, -0.2) is 40.8 Å². The van der Waals surface area contributed by atoms with E-state index in [9.17, 15) is 9.59 Å². The molecular weight excluding hydrogens is 262 g/mol. The minimum absolute atomic E-state index is 0.135. The highest BCUT2D eigenvalue weighted by Crippen LogP contribution is 2.07.